The lowest BCUT2D eigenvalue weighted by atomic mass is 9.81. The van der Waals surface area contributed by atoms with Gasteiger partial charge in [0, 0.05) is 38.3 Å². The molecule has 118 valence electrons. The van der Waals surface area contributed by atoms with E-state index in [0.29, 0.717) is 5.54 Å². The van der Waals surface area contributed by atoms with Crippen molar-refractivity contribution in [3.8, 4) is 0 Å². The highest BCUT2D eigenvalue weighted by Gasteiger charge is 2.42. The van der Waals surface area contributed by atoms with Gasteiger partial charge in [0.2, 0.25) is 0 Å². The lowest BCUT2D eigenvalue weighted by molar-refractivity contribution is -0.121. The van der Waals surface area contributed by atoms with Gasteiger partial charge >= 0.3 is 0 Å². The molecule has 20 heavy (non-hydrogen) atoms. The molecule has 0 aromatic heterocycles. The van der Waals surface area contributed by atoms with E-state index in [0.717, 1.165) is 18.9 Å². The van der Waals surface area contributed by atoms with E-state index in [2.05, 4.69) is 44.4 Å². The van der Waals surface area contributed by atoms with Gasteiger partial charge in [-0.3, -0.25) is 4.90 Å². The minimum Gasteiger partial charge on any atom is -0.375 e. The van der Waals surface area contributed by atoms with Crippen molar-refractivity contribution in [2.75, 3.05) is 39.3 Å². The van der Waals surface area contributed by atoms with Crippen molar-refractivity contribution < 1.29 is 4.74 Å². The summed E-state index contributed by atoms with van der Waals surface area (Å²) in [5, 5.41) is 0. The maximum Gasteiger partial charge on any atom is 0.0644 e. The van der Waals surface area contributed by atoms with Gasteiger partial charge in [0.05, 0.1) is 5.60 Å². The topological polar surface area (TPSA) is 15.7 Å². The molecule has 1 unspecified atom stereocenters. The lowest BCUT2D eigenvalue weighted by Crippen LogP contribution is -2.60. The molecular weight excluding hydrogens is 248 g/mol. The molecule has 0 aromatic carbocycles. The summed E-state index contributed by atoms with van der Waals surface area (Å²) < 4.78 is 5.90. The fraction of sp³-hybridized carbons (Fsp3) is 1.00. The zero-order valence-electron chi connectivity index (χ0n) is 14.2. The van der Waals surface area contributed by atoms with Crippen LogP contribution < -0.4 is 0 Å². The van der Waals surface area contributed by atoms with Crippen LogP contribution in [0.4, 0.5) is 0 Å². The summed E-state index contributed by atoms with van der Waals surface area (Å²) in [5.74, 6) is 0.821. The summed E-state index contributed by atoms with van der Waals surface area (Å²) in [7, 11) is 0. The third kappa shape index (κ3) is 4.19. The predicted molar refractivity (Wildman–Crippen MR) is 85.1 cm³/mol. The SMILES string of the molecule is CC(C)CCN1CCN(C2(C)CCOC(C)(C)C2)CC1. The molecule has 0 bridgehead atoms. The predicted octanol–water partition coefficient (Wildman–Crippen LogP) is 3.00. The highest BCUT2D eigenvalue weighted by Crippen LogP contribution is 2.36. The van der Waals surface area contributed by atoms with Gasteiger partial charge in [0.1, 0.15) is 0 Å². The molecular formula is C17H34N2O. The first-order chi connectivity index (χ1) is 9.31. The highest BCUT2D eigenvalue weighted by atomic mass is 16.5. The Hall–Kier alpha value is -0.120. The molecule has 0 aromatic rings. The van der Waals surface area contributed by atoms with Crippen molar-refractivity contribution in [1.82, 2.24) is 9.80 Å². The average Bonchev–Trinajstić information content (AvgIpc) is 2.35. The molecule has 3 heteroatoms. The maximum atomic E-state index is 5.90. The Labute approximate surface area is 125 Å². The largest absolute Gasteiger partial charge is 0.375 e. The highest BCUT2D eigenvalue weighted by molar-refractivity contribution is 4.96. The van der Waals surface area contributed by atoms with Crippen LogP contribution in [0.25, 0.3) is 0 Å². The number of rotatable bonds is 4. The first kappa shape index (κ1) is 16.3. The molecule has 2 heterocycles. The van der Waals surface area contributed by atoms with Crippen molar-refractivity contribution in [2.45, 2.75) is 65.0 Å². The maximum absolute atomic E-state index is 5.90. The third-order valence-electron chi connectivity index (χ3n) is 5.10. The molecule has 2 saturated heterocycles. The molecule has 2 fully saturated rings. The number of piperazine rings is 1. The number of nitrogens with zero attached hydrogens (tertiary/aromatic N) is 2. The van der Waals surface area contributed by atoms with Crippen LogP contribution >= 0.6 is 0 Å². The standard InChI is InChI=1S/C17H34N2O/c1-15(2)6-8-18-9-11-19(12-10-18)17(5)7-13-20-16(3,4)14-17/h15H,6-14H2,1-5H3. The van der Waals surface area contributed by atoms with Crippen LogP contribution in [0.15, 0.2) is 0 Å². The van der Waals surface area contributed by atoms with Crippen molar-refractivity contribution >= 4 is 0 Å². The van der Waals surface area contributed by atoms with Crippen LogP contribution in [0.5, 0.6) is 0 Å². The van der Waals surface area contributed by atoms with Gasteiger partial charge in [-0.25, -0.2) is 0 Å². The molecule has 0 amide bonds. The van der Waals surface area contributed by atoms with E-state index in [1.807, 2.05) is 0 Å². The van der Waals surface area contributed by atoms with Gasteiger partial charge in [-0.15, -0.1) is 0 Å². The van der Waals surface area contributed by atoms with Crippen LogP contribution in [0.2, 0.25) is 0 Å². The van der Waals surface area contributed by atoms with Crippen LogP contribution in [0.3, 0.4) is 0 Å². The number of hydrogen-bond acceptors (Lipinski definition) is 3. The first-order valence-electron chi connectivity index (χ1n) is 8.42. The minimum atomic E-state index is 0.0434. The van der Waals surface area contributed by atoms with Crippen molar-refractivity contribution in [2.24, 2.45) is 5.92 Å². The van der Waals surface area contributed by atoms with Crippen LogP contribution in [0, 0.1) is 5.92 Å². The summed E-state index contributed by atoms with van der Waals surface area (Å²) >= 11 is 0. The van der Waals surface area contributed by atoms with E-state index in [-0.39, 0.29) is 5.60 Å². The summed E-state index contributed by atoms with van der Waals surface area (Å²) in [4.78, 5) is 5.37. The zero-order chi connectivity index (χ0) is 14.8. The monoisotopic (exact) mass is 282 g/mol. The van der Waals surface area contributed by atoms with Crippen LogP contribution in [-0.4, -0.2) is 60.3 Å². The molecule has 0 spiro atoms. The number of hydrogen-bond donors (Lipinski definition) is 0. The average molecular weight is 282 g/mol. The summed E-state index contributed by atoms with van der Waals surface area (Å²) in [6, 6.07) is 0. The number of ether oxygens (including phenoxy) is 1. The second-order valence-corrected chi connectivity index (χ2v) is 8.04. The Kier molecular flexibility index (Phi) is 5.14. The van der Waals surface area contributed by atoms with Gasteiger partial charge < -0.3 is 9.64 Å². The molecule has 0 N–H and O–H groups in total. The van der Waals surface area contributed by atoms with Gasteiger partial charge in [-0.05, 0) is 52.5 Å². The Bertz CT molecular complexity index is 308. The second kappa shape index (κ2) is 6.33. The summed E-state index contributed by atoms with van der Waals surface area (Å²) in [6.07, 6.45) is 3.67. The van der Waals surface area contributed by atoms with Gasteiger partial charge in [0.15, 0.2) is 0 Å². The quantitative estimate of drug-likeness (QED) is 0.788. The molecule has 2 rings (SSSR count). The van der Waals surface area contributed by atoms with E-state index < -0.39 is 0 Å². The van der Waals surface area contributed by atoms with Gasteiger partial charge in [-0.1, -0.05) is 13.8 Å². The van der Waals surface area contributed by atoms with E-state index in [1.165, 1.54) is 45.6 Å². The van der Waals surface area contributed by atoms with E-state index in [1.54, 1.807) is 0 Å². The van der Waals surface area contributed by atoms with Crippen molar-refractivity contribution in [1.29, 1.82) is 0 Å². The fourth-order valence-electron chi connectivity index (χ4n) is 3.83. The zero-order valence-corrected chi connectivity index (χ0v) is 14.2. The van der Waals surface area contributed by atoms with E-state index >= 15 is 0 Å². The Morgan fingerprint density at radius 1 is 1.05 bits per heavy atom. The van der Waals surface area contributed by atoms with Gasteiger partial charge in [0.25, 0.3) is 0 Å². The molecule has 2 aliphatic heterocycles. The van der Waals surface area contributed by atoms with E-state index in [9.17, 15) is 0 Å². The Morgan fingerprint density at radius 2 is 1.70 bits per heavy atom. The van der Waals surface area contributed by atoms with Crippen molar-refractivity contribution in [3.63, 3.8) is 0 Å². The smallest absolute Gasteiger partial charge is 0.0644 e. The lowest BCUT2D eigenvalue weighted by Gasteiger charge is -2.51. The van der Waals surface area contributed by atoms with Crippen LogP contribution in [0.1, 0.15) is 53.9 Å². The third-order valence-corrected chi connectivity index (χ3v) is 5.10. The summed E-state index contributed by atoms with van der Waals surface area (Å²) in [6.45, 7) is 18.7. The first-order valence-corrected chi connectivity index (χ1v) is 8.42. The fourth-order valence-corrected chi connectivity index (χ4v) is 3.83. The van der Waals surface area contributed by atoms with Gasteiger partial charge in [-0.2, -0.15) is 0 Å². The van der Waals surface area contributed by atoms with E-state index in [4.69, 9.17) is 4.74 Å². The minimum absolute atomic E-state index is 0.0434. The molecule has 0 aliphatic carbocycles. The summed E-state index contributed by atoms with van der Waals surface area (Å²) in [5.41, 5.74) is 0.383. The molecule has 3 nitrogen and oxygen atoms in total. The molecule has 0 radical (unpaired) electrons. The molecule has 1 atom stereocenters. The Balaban J connectivity index is 1.83. The van der Waals surface area contributed by atoms with Crippen LogP contribution in [-0.2, 0) is 4.74 Å². The Morgan fingerprint density at radius 3 is 2.25 bits per heavy atom. The second-order valence-electron chi connectivity index (χ2n) is 8.04. The molecule has 0 saturated carbocycles. The normalized spacial score (nSPS) is 32.7. The molecule has 2 aliphatic rings. The van der Waals surface area contributed by atoms with Crippen molar-refractivity contribution in [3.05, 3.63) is 0 Å².